The van der Waals surface area contributed by atoms with E-state index in [-0.39, 0.29) is 5.91 Å². The van der Waals surface area contributed by atoms with E-state index in [1.807, 2.05) is 26.8 Å². The normalized spacial score (nSPS) is 14.0. The SMILES string of the molecule is Cc1cc(N2CCCC2)ccc1NC(=O)CCc1c(C)nc2ncnn2c1C. The molecular weight excluding hydrogens is 352 g/mol. The maximum Gasteiger partial charge on any atom is 0.252 e. The third-order valence-corrected chi connectivity index (χ3v) is 5.55. The van der Waals surface area contributed by atoms with Crippen LogP contribution in [0.3, 0.4) is 0 Å². The van der Waals surface area contributed by atoms with E-state index in [1.165, 1.54) is 24.9 Å². The Bertz CT molecular complexity index is 1020. The number of rotatable bonds is 5. The van der Waals surface area contributed by atoms with Gasteiger partial charge in [-0.1, -0.05) is 0 Å². The maximum atomic E-state index is 12.5. The van der Waals surface area contributed by atoms with E-state index in [1.54, 1.807) is 4.52 Å². The summed E-state index contributed by atoms with van der Waals surface area (Å²) in [6, 6.07) is 6.28. The van der Waals surface area contributed by atoms with Crippen molar-refractivity contribution in [2.75, 3.05) is 23.3 Å². The third-order valence-electron chi connectivity index (χ3n) is 5.55. The molecule has 1 N–H and O–H groups in total. The van der Waals surface area contributed by atoms with Gasteiger partial charge in [0, 0.05) is 42.3 Å². The van der Waals surface area contributed by atoms with Crippen LogP contribution in [0, 0.1) is 20.8 Å². The molecule has 1 aromatic carbocycles. The zero-order valence-electron chi connectivity index (χ0n) is 16.7. The van der Waals surface area contributed by atoms with E-state index >= 15 is 0 Å². The molecule has 0 atom stereocenters. The van der Waals surface area contributed by atoms with Gasteiger partial charge >= 0.3 is 0 Å². The minimum atomic E-state index is 0.00881. The lowest BCUT2D eigenvalue weighted by Crippen LogP contribution is -2.18. The molecule has 2 aromatic heterocycles. The lowest BCUT2D eigenvalue weighted by Gasteiger charge is -2.19. The topological polar surface area (TPSA) is 75.4 Å². The van der Waals surface area contributed by atoms with E-state index in [2.05, 4.69) is 37.4 Å². The van der Waals surface area contributed by atoms with E-state index in [4.69, 9.17) is 0 Å². The number of carbonyl (C=O) groups is 1. The van der Waals surface area contributed by atoms with Crippen LogP contribution in [-0.4, -0.2) is 38.6 Å². The van der Waals surface area contributed by atoms with Crippen molar-refractivity contribution in [3.05, 3.63) is 47.0 Å². The molecule has 3 aromatic rings. The lowest BCUT2D eigenvalue weighted by molar-refractivity contribution is -0.116. The summed E-state index contributed by atoms with van der Waals surface area (Å²) in [6.45, 7) is 8.23. The molecule has 3 heterocycles. The molecule has 1 aliphatic heterocycles. The van der Waals surface area contributed by atoms with Gasteiger partial charge in [-0.25, -0.2) is 9.50 Å². The summed E-state index contributed by atoms with van der Waals surface area (Å²) in [7, 11) is 0. The molecule has 0 aliphatic carbocycles. The summed E-state index contributed by atoms with van der Waals surface area (Å²) in [5.41, 5.74) is 6.15. The molecule has 7 nitrogen and oxygen atoms in total. The van der Waals surface area contributed by atoms with Gasteiger partial charge in [0.15, 0.2) is 0 Å². The third kappa shape index (κ3) is 3.56. The summed E-state index contributed by atoms with van der Waals surface area (Å²) >= 11 is 0. The molecule has 1 amide bonds. The number of nitrogens with zero attached hydrogens (tertiary/aromatic N) is 5. The highest BCUT2D eigenvalue weighted by atomic mass is 16.1. The summed E-state index contributed by atoms with van der Waals surface area (Å²) in [6.07, 6.45) is 5.03. The van der Waals surface area contributed by atoms with Crippen LogP contribution in [0.4, 0.5) is 11.4 Å². The van der Waals surface area contributed by atoms with Gasteiger partial charge in [-0.3, -0.25) is 4.79 Å². The number of anilines is 2. The molecule has 1 fully saturated rings. The minimum Gasteiger partial charge on any atom is -0.372 e. The quantitative estimate of drug-likeness (QED) is 0.738. The average molecular weight is 378 g/mol. The van der Waals surface area contributed by atoms with Crippen LogP contribution in [0.5, 0.6) is 0 Å². The predicted molar refractivity (Wildman–Crippen MR) is 110 cm³/mol. The first-order valence-electron chi connectivity index (χ1n) is 9.84. The first kappa shape index (κ1) is 18.4. The number of aryl methyl sites for hydroxylation is 3. The molecule has 0 radical (unpaired) electrons. The molecule has 0 bridgehead atoms. The van der Waals surface area contributed by atoms with Crippen LogP contribution in [0.25, 0.3) is 5.78 Å². The number of benzene rings is 1. The summed E-state index contributed by atoms with van der Waals surface area (Å²) in [4.78, 5) is 23.5. The smallest absolute Gasteiger partial charge is 0.252 e. The molecule has 1 saturated heterocycles. The van der Waals surface area contributed by atoms with Crippen molar-refractivity contribution in [3.63, 3.8) is 0 Å². The molecular formula is C21H26N6O. The monoisotopic (exact) mass is 378 g/mol. The van der Waals surface area contributed by atoms with E-state index in [0.29, 0.717) is 18.6 Å². The fourth-order valence-electron chi connectivity index (χ4n) is 3.93. The van der Waals surface area contributed by atoms with E-state index in [0.717, 1.165) is 41.3 Å². The molecule has 7 heteroatoms. The van der Waals surface area contributed by atoms with Crippen molar-refractivity contribution < 1.29 is 4.79 Å². The van der Waals surface area contributed by atoms with Crippen molar-refractivity contribution in [2.45, 2.75) is 46.5 Å². The number of amides is 1. The Morgan fingerprint density at radius 3 is 2.71 bits per heavy atom. The van der Waals surface area contributed by atoms with Gasteiger partial charge in [-0.15, -0.1) is 0 Å². The Morgan fingerprint density at radius 1 is 1.18 bits per heavy atom. The van der Waals surface area contributed by atoms with Crippen molar-refractivity contribution in [1.29, 1.82) is 0 Å². The Labute approximate surface area is 164 Å². The molecule has 4 rings (SSSR count). The second-order valence-corrected chi connectivity index (χ2v) is 7.47. The van der Waals surface area contributed by atoms with Crippen LogP contribution in [-0.2, 0) is 11.2 Å². The van der Waals surface area contributed by atoms with Crippen molar-refractivity contribution in [2.24, 2.45) is 0 Å². The number of hydrogen-bond donors (Lipinski definition) is 1. The molecule has 146 valence electrons. The van der Waals surface area contributed by atoms with Crippen LogP contribution in [0.2, 0.25) is 0 Å². The highest BCUT2D eigenvalue weighted by Gasteiger charge is 2.15. The lowest BCUT2D eigenvalue weighted by atomic mass is 10.1. The predicted octanol–water partition coefficient (Wildman–Crippen LogP) is 3.22. The number of nitrogens with one attached hydrogen (secondary N) is 1. The highest BCUT2D eigenvalue weighted by molar-refractivity contribution is 5.92. The van der Waals surface area contributed by atoms with Gasteiger partial charge in [0.25, 0.3) is 5.78 Å². The van der Waals surface area contributed by atoms with E-state index < -0.39 is 0 Å². The molecule has 28 heavy (non-hydrogen) atoms. The zero-order valence-corrected chi connectivity index (χ0v) is 16.7. The summed E-state index contributed by atoms with van der Waals surface area (Å²) in [5.74, 6) is 0.603. The van der Waals surface area contributed by atoms with Crippen molar-refractivity contribution >= 4 is 23.1 Å². The fraction of sp³-hybridized carbons (Fsp3) is 0.429. The summed E-state index contributed by atoms with van der Waals surface area (Å²) < 4.78 is 1.72. The van der Waals surface area contributed by atoms with Gasteiger partial charge in [0.2, 0.25) is 5.91 Å². The molecule has 0 saturated carbocycles. The van der Waals surface area contributed by atoms with Crippen molar-refractivity contribution in [3.8, 4) is 0 Å². The second-order valence-electron chi connectivity index (χ2n) is 7.47. The van der Waals surface area contributed by atoms with Crippen LogP contribution in [0.15, 0.2) is 24.5 Å². The minimum absolute atomic E-state index is 0.00881. The van der Waals surface area contributed by atoms with Crippen LogP contribution < -0.4 is 10.2 Å². The largest absolute Gasteiger partial charge is 0.372 e. The zero-order chi connectivity index (χ0) is 19.7. The second kappa shape index (κ2) is 7.58. The first-order valence-corrected chi connectivity index (χ1v) is 9.84. The Hall–Kier alpha value is -2.96. The number of fused-ring (bicyclic) bond motifs is 1. The number of aromatic nitrogens is 4. The molecule has 0 unspecified atom stereocenters. The first-order chi connectivity index (χ1) is 13.5. The Morgan fingerprint density at radius 2 is 1.96 bits per heavy atom. The van der Waals surface area contributed by atoms with Gasteiger partial charge < -0.3 is 10.2 Å². The number of hydrogen-bond acceptors (Lipinski definition) is 5. The Balaban J connectivity index is 1.42. The molecule has 0 spiro atoms. The van der Waals surface area contributed by atoms with Gasteiger partial charge in [0.05, 0.1) is 0 Å². The van der Waals surface area contributed by atoms with Gasteiger partial charge in [0.1, 0.15) is 6.33 Å². The standard InChI is InChI=1S/C21H26N6O/c1-14-12-17(26-10-4-5-11-26)6-8-19(14)25-20(28)9-7-18-15(2)24-21-22-13-23-27(21)16(18)3/h6,8,12-13H,4-5,7,9-11H2,1-3H3,(H,25,28). The molecule has 1 aliphatic rings. The van der Waals surface area contributed by atoms with Crippen molar-refractivity contribution in [1.82, 2.24) is 19.6 Å². The van der Waals surface area contributed by atoms with E-state index in [9.17, 15) is 4.79 Å². The fourth-order valence-corrected chi connectivity index (χ4v) is 3.93. The van der Waals surface area contributed by atoms with Gasteiger partial charge in [-0.05, 0) is 69.4 Å². The van der Waals surface area contributed by atoms with Crippen LogP contribution in [0.1, 0.15) is 41.8 Å². The van der Waals surface area contributed by atoms with Gasteiger partial charge in [-0.2, -0.15) is 10.1 Å². The van der Waals surface area contributed by atoms with Crippen LogP contribution >= 0.6 is 0 Å². The number of carbonyl (C=O) groups excluding carboxylic acids is 1. The Kier molecular flexibility index (Phi) is 4.98. The highest BCUT2D eigenvalue weighted by Crippen LogP contribution is 2.25. The maximum absolute atomic E-state index is 12.5. The average Bonchev–Trinajstić information content (AvgIpc) is 3.35. The summed E-state index contributed by atoms with van der Waals surface area (Å²) in [5, 5.41) is 7.26.